The number of carbonyl (C=O) groups is 1. The maximum atomic E-state index is 11.7. The number of nitrogens with zero attached hydrogens (tertiary/aromatic N) is 2. The third-order valence-electron chi connectivity index (χ3n) is 3.55. The number of ether oxygens (including phenoxy) is 1. The van der Waals surface area contributed by atoms with Crippen molar-refractivity contribution in [1.82, 2.24) is 15.1 Å². The molecule has 1 aliphatic heterocycles. The maximum Gasteiger partial charge on any atom is 0.317 e. The van der Waals surface area contributed by atoms with Crippen LogP contribution in [0.25, 0.3) is 0 Å². The van der Waals surface area contributed by atoms with E-state index in [2.05, 4.69) is 10.2 Å². The molecular formula is C15H21Cl2N3O2. The van der Waals surface area contributed by atoms with Crippen LogP contribution in [0.4, 0.5) is 4.79 Å². The predicted molar refractivity (Wildman–Crippen MR) is 89.0 cm³/mol. The number of piperazine rings is 1. The average Bonchev–Trinajstić information content (AvgIpc) is 2.51. The lowest BCUT2D eigenvalue weighted by molar-refractivity contribution is 0.126. The molecule has 0 radical (unpaired) electrons. The molecule has 122 valence electrons. The number of urea groups is 1. The third kappa shape index (κ3) is 4.93. The van der Waals surface area contributed by atoms with Crippen molar-refractivity contribution in [1.29, 1.82) is 0 Å². The molecule has 0 spiro atoms. The monoisotopic (exact) mass is 345 g/mol. The average molecular weight is 346 g/mol. The fourth-order valence-electron chi connectivity index (χ4n) is 2.31. The normalized spacial score (nSPS) is 15.7. The molecule has 1 aromatic carbocycles. The lowest BCUT2D eigenvalue weighted by Crippen LogP contribution is -2.52. The smallest absolute Gasteiger partial charge is 0.317 e. The fraction of sp³-hybridized carbons (Fsp3) is 0.533. The molecule has 0 bridgehead atoms. The number of rotatable bonds is 5. The molecule has 0 aromatic heterocycles. The molecular weight excluding hydrogens is 325 g/mol. The highest BCUT2D eigenvalue weighted by Gasteiger charge is 2.20. The Morgan fingerprint density at radius 3 is 2.68 bits per heavy atom. The van der Waals surface area contributed by atoms with E-state index in [1.54, 1.807) is 18.2 Å². The van der Waals surface area contributed by atoms with Crippen LogP contribution < -0.4 is 10.1 Å². The van der Waals surface area contributed by atoms with Gasteiger partial charge in [-0.1, -0.05) is 23.2 Å². The van der Waals surface area contributed by atoms with Crippen molar-refractivity contribution in [2.45, 2.75) is 6.92 Å². The Labute approximate surface area is 141 Å². The van der Waals surface area contributed by atoms with E-state index >= 15 is 0 Å². The van der Waals surface area contributed by atoms with Gasteiger partial charge in [0.2, 0.25) is 0 Å². The number of nitrogens with one attached hydrogen (secondary N) is 1. The van der Waals surface area contributed by atoms with Crippen LogP contribution in [-0.4, -0.2) is 61.7 Å². The fourth-order valence-corrected chi connectivity index (χ4v) is 2.64. The predicted octanol–water partition coefficient (Wildman–Crippen LogP) is 2.72. The van der Waals surface area contributed by atoms with Gasteiger partial charge < -0.3 is 15.0 Å². The van der Waals surface area contributed by atoms with E-state index in [1.807, 2.05) is 11.8 Å². The van der Waals surface area contributed by atoms with Gasteiger partial charge in [0.05, 0.1) is 5.02 Å². The van der Waals surface area contributed by atoms with Gasteiger partial charge in [-0.15, -0.1) is 0 Å². The number of hydrogen-bond donors (Lipinski definition) is 1. The Morgan fingerprint density at radius 2 is 2.00 bits per heavy atom. The van der Waals surface area contributed by atoms with Gasteiger partial charge in [0.15, 0.2) is 0 Å². The second-order valence-electron chi connectivity index (χ2n) is 5.09. The van der Waals surface area contributed by atoms with E-state index in [0.717, 1.165) is 32.7 Å². The molecule has 0 unspecified atom stereocenters. The number of benzene rings is 1. The molecule has 1 aromatic rings. The van der Waals surface area contributed by atoms with E-state index < -0.39 is 0 Å². The molecule has 2 amide bonds. The molecule has 0 atom stereocenters. The molecule has 1 N–H and O–H groups in total. The standard InChI is InChI=1S/C15H21Cl2N3O2/c1-2-18-15(21)20-7-5-19(6-8-20)9-10-22-14-11-12(16)3-4-13(14)17/h3-4,11H,2,5-10H2,1H3,(H,18,21). The SMILES string of the molecule is CCNC(=O)N1CCN(CCOc2cc(Cl)ccc2Cl)CC1. The Hall–Kier alpha value is -1.17. The summed E-state index contributed by atoms with van der Waals surface area (Å²) >= 11 is 12.0. The number of halogens is 2. The van der Waals surface area contributed by atoms with Crippen molar-refractivity contribution >= 4 is 29.2 Å². The molecule has 1 saturated heterocycles. The summed E-state index contributed by atoms with van der Waals surface area (Å²) in [5.41, 5.74) is 0. The van der Waals surface area contributed by atoms with Crippen molar-refractivity contribution in [2.75, 3.05) is 45.9 Å². The summed E-state index contributed by atoms with van der Waals surface area (Å²) in [6.07, 6.45) is 0. The van der Waals surface area contributed by atoms with Crippen molar-refractivity contribution in [2.24, 2.45) is 0 Å². The first-order valence-electron chi connectivity index (χ1n) is 7.43. The highest BCUT2D eigenvalue weighted by molar-refractivity contribution is 6.34. The highest BCUT2D eigenvalue weighted by Crippen LogP contribution is 2.27. The van der Waals surface area contributed by atoms with E-state index in [4.69, 9.17) is 27.9 Å². The molecule has 7 heteroatoms. The largest absolute Gasteiger partial charge is 0.491 e. The lowest BCUT2D eigenvalue weighted by atomic mass is 10.3. The summed E-state index contributed by atoms with van der Waals surface area (Å²) in [7, 11) is 0. The van der Waals surface area contributed by atoms with Crippen LogP contribution in [0.15, 0.2) is 18.2 Å². The molecule has 1 heterocycles. The van der Waals surface area contributed by atoms with Crippen molar-refractivity contribution in [3.05, 3.63) is 28.2 Å². The zero-order valence-electron chi connectivity index (χ0n) is 12.6. The number of carbonyl (C=O) groups excluding carboxylic acids is 1. The van der Waals surface area contributed by atoms with Gasteiger partial charge in [-0.25, -0.2) is 4.79 Å². The third-order valence-corrected chi connectivity index (χ3v) is 4.09. The molecule has 2 rings (SSSR count). The Morgan fingerprint density at radius 1 is 1.27 bits per heavy atom. The summed E-state index contributed by atoms with van der Waals surface area (Å²) in [4.78, 5) is 15.8. The van der Waals surface area contributed by atoms with Crippen LogP contribution in [0.1, 0.15) is 6.92 Å². The minimum Gasteiger partial charge on any atom is -0.491 e. The summed E-state index contributed by atoms with van der Waals surface area (Å²) < 4.78 is 5.68. The zero-order chi connectivity index (χ0) is 15.9. The van der Waals surface area contributed by atoms with Crippen molar-refractivity contribution in [3.63, 3.8) is 0 Å². The van der Waals surface area contributed by atoms with Gasteiger partial charge in [0, 0.05) is 50.4 Å². The first kappa shape index (κ1) is 17.2. The van der Waals surface area contributed by atoms with Gasteiger partial charge in [0.1, 0.15) is 12.4 Å². The first-order valence-corrected chi connectivity index (χ1v) is 8.18. The molecule has 1 aliphatic rings. The van der Waals surface area contributed by atoms with Gasteiger partial charge in [-0.3, -0.25) is 4.90 Å². The second-order valence-corrected chi connectivity index (χ2v) is 5.93. The minimum atomic E-state index is 0.0177. The molecule has 5 nitrogen and oxygen atoms in total. The maximum absolute atomic E-state index is 11.7. The van der Waals surface area contributed by atoms with Crippen LogP contribution >= 0.6 is 23.2 Å². The Kier molecular flexibility index (Phi) is 6.61. The topological polar surface area (TPSA) is 44.8 Å². The van der Waals surface area contributed by atoms with Crippen molar-refractivity contribution < 1.29 is 9.53 Å². The molecule has 0 saturated carbocycles. The summed E-state index contributed by atoms with van der Waals surface area (Å²) in [5, 5.41) is 3.99. The first-order chi connectivity index (χ1) is 10.6. The van der Waals surface area contributed by atoms with Crippen LogP contribution in [0.2, 0.25) is 10.0 Å². The van der Waals surface area contributed by atoms with Gasteiger partial charge in [-0.2, -0.15) is 0 Å². The lowest BCUT2D eigenvalue weighted by Gasteiger charge is -2.34. The van der Waals surface area contributed by atoms with Crippen LogP contribution in [-0.2, 0) is 0 Å². The van der Waals surface area contributed by atoms with Crippen molar-refractivity contribution in [3.8, 4) is 5.75 Å². The van der Waals surface area contributed by atoms with Gasteiger partial charge in [0.25, 0.3) is 0 Å². The summed E-state index contributed by atoms with van der Waals surface area (Å²) in [6.45, 7) is 7.11. The van der Waals surface area contributed by atoms with Crippen LogP contribution in [0, 0.1) is 0 Å². The van der Waals surface area contributed by atoms with E-state index in [-0.39, 0.29) is 6.03 Å². The van der Waals surface area contributed by atoms with E-state index in [0.29, 0.717) is 28.9 Å². The van der Waals surface area contributed by atoms with E-state index in [9.17, 15) is 4.79 Å². The summed E-state index contributed by atoms with van der Waals surface area (Å²) in [5.74, 6) is 0.607. The molecule has 1 fully saturated rings. The number of amides is 2. The Bertz CT molecular complexity index is 506. The van der Waals surface area contributed by atoms with Gasteiger partial charge in [-0.05, 0) is 19.1 Å². The van der Waals surface area contributed by atoms with Crippen LogP contribution in [0.5, 0.6) is 5.75 Å². The highest BCUT2D eigenvalue weighted by atomic mass is 35.5. The zero-order valence-corrected chi connectivity index (χ0v) is 14.2. The second kappa shape index (κ2) is 8.46. The molecule has 22 heavy (non-hydrogen) atoms. The summed E-state index contributed by atoms with van der Waals surface area (Å²) in [6, 6.07) is 5.20. The quantitative estimate of drug-likeness (QED) is 0.892. The van der Waals surface area contributed by atoms with Crippen LogP contribution in [0.3, 0.4) is 0 Å². The minimum absolute atomic E-state index is 0.0177. The van der Waals surface area contributed by atoms with E-state index in [1.165, 1.54) is 0 Å². The molecule has 0 aliphatic carbocycles. The van der Waals surface area contributed by atoms with Gasteiger partial charge >= 0.3 is 6.03 Å². The Balaban J connectivity index is 1.71. The number of hydrogen-bond acceptors (Lipinski definition) is 3.